The van der Waals surface area contributed by atoms with E-state index in [1.165, 1.54) is 12.8 Å². The van der Waals surface area contributed by atoms with Gasteiger partial charge in [0.1, 0.15) is 0 Å². The molecule has 0 heterocycles. The van der Waals surface area contributed by atoms with Crippen LogP contribution in [0.15, 0.2) is 24.3 Å². The highest BCUT2D eigenvalue weighted by molar-refractivity contribution is 5.92. The molecule has 1 atom stereocenters. The number of benzene rings is 1. The average Bonchev–Trinajstić information content (AvgIpc) is 3.22. The molecule has 1 aromatic rings. The van der Waals surface area contributed by atoms with Crippen LogP contribution in [0.3, 0.4) is 0 Å². The number of amides is 1. The summed E-state index contributed by atoms with van der Waals surface area (Å²) >= 11 is 0. The highest BCUT2D eigenvalue weighted by Crippen LogP contribution is 2.35. The number of carbonyl (C=O) groups is 1. The van der Waals surface area contributed by atoms with Crippen molar-refractivity contribution in [3.8, 4) is 0 Å². The number of hydrogen-bond donors (Lipinski definition) is 2. The van der Waals surface area contributed by atoms with Crippen LogP contribution in [-0.4, -0.2) is 11.9 Å². The van der Waals surface area contributed by atoms with Gasteiger partial charge in [-0.25, -0.2) is 0 Å². The van der Waals surface area contributed by atoms with Crippen molar-refractivity contribution < 1.29 is 4.79 Å². The summed E-state index contributed by atoms with van der Waals surface area (Å²) in [4.78, 5) is 11.6. The molecule has 1 aliphatic carbocycles. The van der Waals surface area contributed by atoms with Crippen LogP contribution in [-0.2, 0) is 4.79 Å². The molecule has 1 fully saturated rings. The lowest BCUT2D eigenvalue weighted by Gasteiger charge is -2.18. The fourth-order valence-electron chi connectivity index (χ4n) is 2.20. The molecule has 1 aliphatic rings. The molecule has 104 valence electrons. The van der Waals surface area contributed by atoms with Crippen LogP contribution >= 0.6 is 0 Å². The Kier molecular flexibility index (Phi) is 4.46. The molecular formula is C16H24N2O. The fourth-order valence-corrected chi connectivity index (χ4v) is 2.20. The molecule has 1 unspecified atom stereocenters. The predicted molar refractivity (Wildman–Crippen MR) is 80.3 cm³/mol. The molecule has 1 aromatic carbocycles. The number of hydrogen-bond acceptors (Lipinski definition) is 2. The summed E-state index contributed by atoms with van der Waals surface area (Å²) in [5.74, 6) is 0.924. The lowest BCUT2D eigenvalue weighted by Crippen LogP contribution is -2.20. The van der Waals surface area contributed by atoms with Crippen LogP contribution in [0.25, 0.3) is 0 Å². The van der Waals surface area contributed by atoms with E-state index in [2.05, 4.69) is 17.6 Å². The molecule has 1 saturated carbocycles. The Morgan fingerprint density at radius 2 is 1.79 bits per heavy atom. The van der Waals surface area contributed by atoms with Crippen LogP contribution in [0.4, 0.5) is 11.4 Å². The topological polar surface area (TPSA) is 41.1 Å². The van der Waals surface area contributed by atoms with Crippen LogP contribution in [0, 0.1) is 11.8 Å². The lowest BCUT2D eigenvalue weighted by atomic mass is 10.1. The van der Waals surface area contributed by atoms with Gasteiger partial charge >= 0.3 is 0 Å². The largest absolute Gasteiger partial charge is 0.382 e. The molecule has 2 rings (SSSR count). The molecule has 2 N–H and O–H groups in total. The molecular weight excluding hydrogens is 236 g/mol. The first-order valence-electron chi connectivity index (χ1n) is 7.27. The molecule has 3 nitrogen and oxygen atoms in total. The van der Waals surface area contributed by atoms with Gasteiger partial charge in [-0.15, -0.1) is 0 Å². The van der Waals surface area contributed by atoms with Gasteiger partial charge < -0.3 is 10.6 Å². The van der Waals surface area contributed by atoms with E-state index in [0.717, 1.165) is 23.7 Å². The van der Waals surface area contributed by atoms with E-state index in [4.69, 9.17) is 0 Å². The highest BCUT2D eigenvalue weighted by atomic mass is 16.1. The molecule has 0 spiro atoms. The molecule has 0 saturated heterocycles. The maximum absolute atomic E-state index is 11.6. The SMILES string of the molecule is CCC(Nc1ccc(NC(=O)C(C)C)cc1)C1CC1. The summed E-state index contributed by atoms with van der Waals surface area (Å²) in [7, 11) is 0. The highest BCUT2D eigenvalue weighted by Gasteiger charge is 2.29. The Hall–Kier alpha value is -1.51. The first-order valence-corrected chi connectivity index (χ1v) is 7.27. The molecule has 0 radical (unpaired) electrons. The maximum atomic E-state index is 11.6. The van der Waals surface area contributed by atoms with Gasteiger partial charge in [-0.1, -0.05) is 20.8 Å². The van der Waals surface area contributed by atoms with E-state index in [1.54, 1.807) is 0 Å². The molecule has 0 bridgehead atoms. The quantitative estimate of drug-likeness (QED) is 0.815. The van der Waals surface area contributed by atoms with E-state index in [1.807, 2.05) is 38.1 Å². The van der Waals surface area contributed by atoms with Gasteiger partial charge in [0.15, 0.2) is 0 Å². The lowest BCUT2D eigenvalue weighted by molar-refractivity contribution is -0.118. The second kappa shape index (κ2) is 6.09. The van der Waals surface area contributed by atoms with Gasteiger partial charge in [-0.2, -0.15) is 0 Å². The van der Waals surface area contributed by atoms with Gasteiger partial charge in [0, 0.05) is 23.3 Å². The van der Waals surface area contributed by atoms with Crippen LogP contribution < -0.4 is 10.6 Å². The fraction of sp³-hybridized carbons (Fsp3) is 0.562. The van der Waals surface area contributed by atoms with Crippen LogP contribution in [0.5, 0.6) is 0 Å². The summed E-state index contributed by atoms with van der Waals surface area (Å²) in [6.07, 6.45) is 3.87. The van der Waals surface area contributed by atoms with Crippen LogP contribution in [0.1, 0.15) is 40.0 Å². The molecule has 0 aromatic heterocycles. The summed E-state index contributed by atoms with van der Waals surface area (Å²) in [5, 5.41) is 6.49. The predicted octanol–water partition coefficient (Wildman–Crippen LogP) is 3.88. The third-order valence-corrected chi connectivity index (χ3v) is 3.66. The monoisotopic (exact) mass is 260 g/mol. The van der Waals surface area contributed by atoms with Crippen LogP contribution in [0.2, 0.25) is 0 Å². The third-order valence-electron chi connectivity index (χ3n) is 3.66. The number of carbonyl (C=O) groups excluding carboxylic acids is 1. The zero-order valence-corrected chi connectivity index (χ0v) is 12.1. The third kappa shape index (κ3) is 3.98. The average molecular weight is 260 g/mol. The number of anilines is 2. The normalized spacial score (nSPS) is 16.2. The summed E-state index contributed by atoms with van der Waals surface area (Å²) in [6, 6.07) is 8.60. The first-order chi connectivity index (χ1) is 9.10. The standard InChI is InChI=1S/C16H24N2O/c1-4-15(12-5-6-12)17-13-7-9-14(10-8-13)18-16(19)11(2)3/h7-12,15,17H,4-6H2,1-3H3,(H,18,19). The summed E-state index contributed by atoms with van der Waals surface area (Å²) in [5.41, 5.74) is 2.00. The zero-order valence-electron chi connectivity index (χ0n) is 12.1. The van der Waals surface area contributed by atoms with Crippen molar-refractivity contribution in [2.75, 3.05) is 10.6 Å². The Morgan fingerprint density at radius 3 is 2.26 bits per heavy atom. The smallest absolute Gasteiger partial charge is 0.226 e. The van der Waals surface area contributed by atoms with Gasteiger partial charge in [0.2, 0.25) is 5.91 Å². The van der Waals surface area contributed by atoms with E-state index in [0.29, 0.717) is 6.04 Å². The van der Waals surface area contributed by atoms with Gasteiger partial charge in [-0.3, -0.25) is 4.79 Å². The van der Waals surface area contributed by atoms with Gasteiger partial charge in [0.05, 0.1) is 0 Å². The van der Waals surface area contributed by atoms with E-state index in [-0.39, 0.29) is 11.8 Å². The van der Waals surface area contributed by atoms with E-state index < -0.39 is 0 Å². The van der Waals surface area contributed by atoms with Crippen molar-refractivity contribution in [3.05, 3.63) is 24.3 Å². The van der Waals surface area contributed by atoms with Crippen molar-refractivity contribution in [1.29, 1.82) is 0 Å². The Labute approximate surface area is 115 Å². The minimum Gasteiger partial charge on any atom is -0.382 e. The molecule has 19 heavy (non-hydrogen) atoms. The van der Waals surface area contributed by atoms with E-state index >= 15 is 0 Å². The second-order valence-electron chi connectivity index (χ2n) is 5.72. The van der Waals surface area contributed by atoms with Crippen molar-refractivity contribution in [1.82, 2.24) is 0 Å². The van der Waals surface area contributed by atoms with Gasteiger partial charge in [0.25, 0.3) is 0 Å². The number of rotatable bonds is 6. The molecule has 1 amide bonds. The zero-order chi connectivity index (χ0) is 13.8. The summed E-state index contributed by atoms with van der Waals surface area (Å²) in [6.45, 7) is 6.02. The first kappa shape index (κ1) is 13.9. The Bertz CT molecular complexity index is 421. The molecule has 0 aliphatic heterocycles. The van der Waals surface area contributed by atoms with Gasteiger partial charge in [-0.05, 0) is 49.4 Å². The maximum Gasteiger partial charge on any atom is 0.226 e. The van der Waals surface area contributed by atoms with Crippen molar-refractivity contribution in [2.45, 2.75) is 46.1 Å². The molecule has 3 heteroatoms. The summed E-state index contributed by atoms with van der Waals surface area (Å²) < 4.78 is 0. The second-order valence-corrected chi connectivity index (χ2v) is 5.72. The van der Waals surface area contributed by atoms with Crippen molar-refractivity contribution in [3.63, 3.8) is 0 Å². The number of nitrogens with one attached hydrogen (secondary N) is 2. The van der Waals surface area contributed by atoms with E-state index in [9.17, 15) is 4.79 Å². The Balaban J connectivity index is 1.92. The minimum absolute atomic E-state index is 0.0112. The van der Waals surface area contributed by atoms with Crippen molar-refractivity contribution in [2.24, 2.45) is 11.8 Å². The minimum atomic E-state index is 0.0112. The van der Waals surface area contributed by atoms with Crippen molar-refractivity contribution >= 4 is 17.3 Å². The Morgan fingerprint density at radius 1 is 1.21 bits per heavy atom.